The number of hydrogen-bond donors (Lipinski definition) is 1. The summed E-state index contributed by atoms with van der Waals surface area (Å²) >= 11 is 3.48. The average Bonchev–Trinajstić information content (AvgIpc) is 2.51. The highest BCUT2D eigenvalue weighted by Gasteiger charge is 2.18. The summed E-state index contributed by atoms with van der Waals surface area (Å²) in [5.41, 5.74) is 2.18. The number of piperidine rings is 1. The second kappa shape index (κ2) is 6.60. The molecule has 0 amide bonds. The van der Waals surface area contributed by atoms with Crippen LogP contribution in [-0.2, 0) is 0 Å². The molecule has 0 spiro atoms. The lowest BCUT2D eigenvalue weighted by atomic mass is 10.00. The van der Waals surface area contributed by atoms with E-state index in [9.17, 15) is 0 Å². The SMILES string of the molecule is Cc1cc(Br)ccc1Nc1cnnc(N2CCC(C)CC2)n1. The minimum atomic E-state index is 0.715. The number of rotatable bonds is 3. The molecule has 1 saturated heterocycles. The van der Waals surface area contributed by atoms with Crippen molar-refractivity contribution in [1.29, 1.82) is 0 Å². The van der Waals surface area contributed by atoms with Gasteiger partial charge in [-0.25, -0.2) is 0 Å². The zero-order valence-corrected chi connectivity index (χ0v) is 14.5. The zero-order valence-electron chi connectivity index (χ0n) is 12.9. The highest BCUT2D eigenvalue weighted by atomic mass is 79.9. The Morgan fingerprint density at radius 2 is 2.05 bits per heavy atom. The summed E-state index contributed by atoms with van der Waals surface area (Å²) in [6.45, 7) is 6.37. The maximum Gasteiger partial charge on any atom is 0.247 e. The smallest absolute Gasteiger partial charge is 0.247 e. The second-order valence-corrected chi connectivity index (χ2v) is 6.81. The van der Waals surface area contributed by atoms with Gasteiger partial charge >= 0.3 is 0 Å². The predicted molar refractivity (Wildman–Crippen MR) is 92.6 cm³/mol. The van der Waals surface area contributed by atoms with E-state index in [-0.39, 0.29) is 0 Å². The van der Waals surface area contributed by atoms with E-state index >= 15 is 0 Å². The molecule has 3 rings (SSSR count). The summed E-state index contributed by atoms with van der Waals surface area (Å²) < 4.78 is 1.07. The minimum Gasteiger partial charge on any atom is -0.339 e. The van der Waals surface area contributed by atoms with Gasteiger partial charge in [0.15, 0.2) is 5.82 Å². The fraction of sp³-hybridized carbons (Fsp3) is 0.438. The standard InChI is InChI=1S/C16H20BrN5/c1-11-5-7-22(8-6-11)16-20-15(10-18-21-16)19-14-4-3-13(17)9-12(14)2/h3-4,9-11H,5-8H2,1-2H3,(H,19,20,21). The number of aromatic nitrogens is 3. The van der Waals surface area contributed by atoms with Crippen LogP contribution in [0.4, 0.5) is 17.5 Å². The Balaban J connectivity index is 1.76. The molecule has 1 aliphatic rings. The molecule has 6 heteroatoms. The maximum absolute atomic E-state index is 4.61. The first kappa shape index (κ1) is 15.2. The summed E-state index contributed by atoms with van der Waals surface area (Å²) in [5, 5.41) is 11.6. The van der Waals surface area contributed by atoms with Crippen LogP contribution in [0.2, 0.25) is 0 Å². The van der Waals surface area contributed by atoms with Crippen molar-refractivity contribution < 1.29 is 0 Å². The molecule has 1 N–H and O–H groups in total. The van der Waals surface area contributed by atoms with Gasteiger partial charge in [0.05, 0.1) is 6.20 Å². The molecular formula is C16H20BrN5. The largest absolute Gasteiger partial charge is 0.339 e. The van der Waals surface area contributed by atoms with Crippen molar-refractivity contribution in [3.8, 4) is 0 Å². The fourth-order valence-corrected chi connectivity index (χ4v) is 3.08. The second-order valence-electron chi connectivity index (χ2n) is 5.90. The number of aryl methyl sites for hydroxylation is 1. The van der Waals surface area contributed by atoms with Crippen molar-refractivity contribution in [3.05, 3.63) is 34.4 Å². The lowest BCUT2D eigenvalue weighted by Crippen LogP contribution is -2.34. The lowest BCUT2D eigenvalue weighted by Gasteiger charge is -2.29. The molecule has 5 nitrogen and oxygen atoms in total. The van der Waals surface area contributed by atoms with Gasteiger partial charge in [-0.05, 0) is 49.4 Å². The molecule has 0 bridgehead atoms. The van der Waals surface area contributed by atoms with E-state index in [2.05, 4.69) is 61.2 Å². The van der Waals surface area contributed by atoms with Crippen molar-refractivity contribution >= 4 is 33.4 Å². The van der Waals surface area contributed by atoms with Gasteiger partial charge in [-0.3, -0.25) is 0 Å². The molecule has 0 radical (unpaired) electrons. The summed E-state index contributed by atoms with van der Waals surface area (Å²) in [4.78, 5) is 6.82. The Bertz CT molecular complexity index is 653. The molecule has 2 aromatic rings. The minimum absolute atomic E-state index is 0.715. The van der Waals surface area contributed by atoms with E-state index in [0.717, 1.165) is 40.5 Å². The van der Waals surface area contributed by atoms with E-state index in [0.29, 0.717) is 5.95 Å². The number of halogens is 1. The Hall–Kier alpha value is -1.69. The third-order valence-electron chi connectivity index (χ3n) is 4.07. The molecule has 1 aromatic carbocycles. The quantitative estimate of drug-likeness (QED) is 0.897. The van der Waals surface area contributed by atoms with Crippen LogP contribution < -0.4 is 10.2 Å². The molecule has 116 valence electrons. The molecule has 1 aliphatic heterocycles. The average molecular weight is 362 g/mol. The number of nitrogens with one attached hydrogen (secondary N) is 1. The third kappa shape index (κ3) is 3.55. The number of anilines is 3. The van der Waals surface area contributed by atoms with Gasteiger partial charge in [0.25, 0.3) is 0 Å². The van der Waals surface area contributed by atoms with Crippen LogP contribution in [0.3, 0.4) is 0 Å². The van der Waals surface area contributed by atoms with Gasteiger partial charge in [-0.2, -0.15) is 10.1 Å². The van der Waals surface area contributed by atoms with Gasteiger partial charge in [0, 0.05) is 23.2 Å². The van der Waals surface area contributed by atoms with E-state index in [1.807, 2.05) is 12.1 Å². The molecule has 0 aliphatic carbocycles. The monoisotopic (exact) mass is 361 g/mol. The zero-order chi connectivity index (χ0) is 15.5. The van der Waals surface area contributed by atoms with Crippen LogP contribution in [0, 0.1) is 12.8 Å². The van der Waals surface area contributed by atoms with E-state index < -0.39 is 0 Å². The normalized spacial score (nSPS) is 15.9. The van der Waals surface area contributed by atoms with Crippen molar-refractivity contribution in [2.24, 2.45) is 5.92 Å². The highest BCUT2D eigenvalue weighted by Crippen LogP contribution is 2.24. The number of benzene rings is 1. The molecule has 22 heavy (non-hydrogen) atoms. The topological polar surface area (TPSA) is 53.9 Å². The Labute approximate surface area is 139 Å². The third-order valence-corrected chi connectivity index (χ3v) is 4.56. The molecular weight excluding hydrogens is 342 g/mol. The van der Waals surface area contributed by atoms with Crippen LogP contribution in [0.1, 0.15) is 25.3 Å². The first-order valence-electron chi connectivity index (χ1n) is 7.59. The van der Waals surface area contributed by atoms with Crippen LogP contribution in [0.15, 0.2) is 28.9 Å². The van der Waals surface area contributed by atoms with E-state index in [4.69, 9.17) is 0 Å². The van der Waals surface area contributed by atoms with Crippen molar-refractivity contribution in [3.63, 3.8) is 0 Å². The van der Waals surface area contributed by atoms with Gasteiger partial charge in [-0.1, -0.05) is 22.9 Å². The van der Waals surface area contributed by atoms with Gasteiger partial charge < -0.3 is 10.2 Å². The van der Waals surface area contributed by atoms with E-state index in [1.165, 1.54) is 12.8 Å². The van der Waals surface area contributed by atoms with Crippen molar-refractivity contribution in [1.82, 2.24) is 15.2 Å². The summed E-state index contributed by atoms with van der Waals surface area (Å²) in [5.74, 6) is 2.23. The number of hydrogen-bond acceptors (Lipinski definition) is 5. The predicted octanol–water partition coefficient (Wildman–Crippen LogP) is 3.92. The maximum atomic E-state index is 4.61. The summed E-state index contributed by atoms with van der Waals surface area (Å²) in [6.07, 6.45) is 4.04. The first-order valence-corrected chi connectivity index (χ1v) is 8.39. The Morgan fingerprint density at radius 3 is 2.77 bits per heavy atom. The van der Waals surface area contributed by atoms with Gasteiger partial charge in [0.1, 0.15) is 0 Å². The van der Waals surface area contributed by atoms with Crippen LogP contribution in [0.5, 0.6) is 0 Å². The number of nitrogens with zero attached hydrogens (tertiary/aromatic N) is 4. The van der Waals surface area contributed by atoms with Crippen LogP contribution in [0.25, 0.3) is 0 Å². The molecule has 2 heterocycles. The van der Waals surface area contributed by atoms with Crippen LogP contribution >= 0.6 is 15.9 Å². The van der Waals surface area contributed by atoms with Crippen LogP contribution in [-0.4, -0.2) is 28.3 Å². The molecule has 1 fully saturated rings. The molecule has 0 saturated carbocycles. The summed E-state index contributed by atoms with van der Waals surface area (Å²) in [7, 11) is 0. The Kier molecular flexibility index (Phi) is 4.57. The van der Waals surface area contributed by atoms with Crippen molar-refractivity contribution in [2.75, 3.05) is 23.3 Å². The van der Waals surface area contributed by atoms with Gasteiger partial charge in [-0.15, -0.1) is 5.10 Å². The van der Waals surface area contributed by atoms with Gasteiger partial charge in [0.2, 0.25) is 5.95 Å². The fourth-order valence-electron chi connectivity index (χ4n) is 2.60. The lowest BCUT2D eigenvalue weighted by molar-refractivity contribution is 0.433. The highest BCUT2D eigenvalue weighted by molar-refractivity contribution is 9.10. The summed E-state index contributed by atoms with van der Waals surface area (Å²) in [6, 6.07) is 6.12. The molecule has 1 aromatic heterocycles. The van der Waals surface area contributed by atoms with E-state index in [1.54, 1.807) is 6.20 Å². The Morgan fingerprint density at radius 1 is 1.27 bits per heavy atom. The molecule has 0 atom stereocenters. The van der Waals surface area contributed by atoms with Crippen molar-refractivity contribution in [2.45, 2.75) is 26.7 Å². The first-order chi connectivity index (χ1) is 10.6. The molecule has 0 unspecified atom stereocenters.